The Morgan fingerprint density at radius 1 is 0.880 bits per heavy atom. The first-order valence-corrected chi connectivity index (χ1v) is 8.21. The fraction of sp³-hybridized carbons (Fsp3) is 0.316. The van der Waals surface area contributed by atoms with Crippen molar-refractivity contribution in [1.82, 2.24) is 10.6 Å². The average Bonchev–Trinajstić information content (AvgIpc) is 2.65. The Hall–Kier alpha value is -2.89. The summed E-state index contributed by atoms with van der Waals surface area (Å²) >= 11 is 0. The smallest absolute Gasteiger partial charge is 0.315 e. The Balaban J connectivity index is 1.61. The van der Waals surface area contributed by atoms with Crippen LogP contribution in [0.25, 0.3) is 0 Å². The SMILES string of the molecule is CCOc1ccc(OCCNC(=O)NCc2ccc(OC)cc2)cc1. The van der Waals surface area contributed by atoms with Crippen molar-refractivity contribution in [3.63, 3.8) is 0 Å². The van der Waals surface area contributed by atoms with Gasteiger partial charge in [-0.15, -0.1) is 0 Å². The zero-order valence-corrected chi connectivity index (χ0v) is 14.6. The quantitative estimate of drug-likeness (QED) is 0.686. The number of nitrogens with one attached hydrogen (secondary N) is 2. The van der Waals surface area contributed by atoms with Crippen molar-refractivity contribution in [2.75, 3.05) is 26.9 Å². The van der Waals surface area contributed by atoms with Crippen molar-refractivity contribution in [1.29, 1.82) is 0 Å². The molecule has 0 heterocycles. The van der Waals surface area contributed by atoms with Gasteiger partial charge in [-0.1, -0.05) is 12.1 Å². The number of benzene rings is 2. The molecule has 0 radical (unpaired) electrons. The highest BCUT2D eigenvalue weighted by Gasteiger charge is 2.01. The van der Waals surface area contributed by atoms with Crippen LogP contribution in [0.3, 0.4) is 0 Å². The molecule has 2 aromatic carbocycles. The van der Waals surface area contributed by atoms with E-state index in [0.29, 0.717) is 26.3 Å². The van der Waals surface area contributed by atoms with Crippen LogP contribution in [-0.4, -0.2) is 32.9 Å². The predicted molar refractivity (Wildman–Crippen MR) is 96.3 cm³/mol. The lowest BCUT2D eigenvalue weighted by Crippen LogP contribution is -2.37. The maximum absolute atomic E-state index is 11.7. The number of hydrogen-bond donors (Lipinski definition) is 2. The highest BCUT2D eigenvalue weighted by molar-refractivity contribution is 5.73. The molecule has 134 valence electrons. The van der Waals surface area contributed by atoms with E-state index in [1.807, 2.05) is 55.5 Å². The fourth-order valence-electron chi connectivity index (χ4n) is 2.12. The van der Waals surface area contributed by atoms with Crippen molar-refractivity contribution < 1.29 is 19.0 Å². The van der Waals surface area contributed by atoms with Crippen LogP contribution < -0.4 is 24.8 Å². The minimum atomic E-state index is -0.230. The van der Waals surface area contributed by atoms with E-state index in [0.717, 1.165) is 22.8 Å². The molecule has 0 aliphatic carbocycles. The van der Waals surface area contributed by atoms with Crippen LogP contribution in [0.2, 0.25) is 0 Å². The third-order valence-corrected chi connectivity index (χ3v) is 3.40. The van der Waals surface area contributed by atoms with Crippen LogP contribution in [0.15, 0.2) is 48.5 Å². The Morgan fingerprint density at radius 2 is 1.48 bits per heavy atom. The number of carbonyl (C=O) groups excluding carboxylic acids is 1. The largest absolute Gasteiger partial charge is 0.497 e. The Morgan fingerprint density at radius 3 is 2.08 bits per heavy atom. The summed E-state index contributed by atoms with van der Waals surface area (Å²) < 4.78 is 16.0. The van der Waals surface area contributed by atoms with Gasteiger partial charge >= 0.3 is 6.03 Å². The van der Waals surface area contributed by atoms with Gasteiger partial charge < -0.3 is 24.8 Å². The lowest BCUT2D eigenvalue weighted by Gasteiger charge is -2.10. The van der Waals surface area contributed by atoms with E-state index < -0.39 is 0 Å². The number of ether oxygens (including phenoxy) is 3. The van der Waals surface area contributed by atoms with E-state index in [1.54, 1.807) is 7.11 Å². The van der Waals surface area contributed by atoms with Crippen molar-refractivity contribution in [2.45, 2.75) is 13.5 Å². The van der Waals surface area contributed by atoms with Crippen molar-refractivity contribution in [3.05, 3.63) is 54.1 Å². The molecule has 25 heavy (non-hydrogen) atoms. The Kier molecular flexibility index (Phi) is 7.43. The van der Waals surface area contributed by atoms with Crippen LogP contribution >= 0.6 is 0 Å². The Bertz CT molecular complexity index is 641. The molecule has 6 nitrogen and oxygen atoms in total. The van der Waals surface area contributed by atoms with Gasteiger partial charge in [-0.2, -0.15) is 0 Å². The van der Waals surface area contributed by atoms with E-state index in [2.05, 4.69) is 10.6 Å². The third kappa shape index (κ3) is 6.63. The minimum Gasteiger partial charge on any atom is -0.497 e. The summed E-state index contributed by atoms with van der Waals surface area (Å²) in [4.78, 5) is 11.7. The lowest BCUT2D eigenvalue weighted by atomic mass is 10.2. The van der Waals surface area contributed by atoms with Crippen molar-refractivity contribution >= 4 is 6.03 Å². The summed E-state index contributed by atoms with van der Waals surface area (Å²) in [5.74, 6) is 2.34. The summed E-state index contributed by atoms with van der Waals surface area (Å²) in [6.45, 7) is 3.84. The normalized spacial score (nSPS) is 10.0. The molecule has 0 atom stereocenters. The summed E-state index contributed by atoms with van der Waals surface area (Å²) in [6, 6.07) is 14.7. The molecular weight excluding hydrogens is 320 g/mol. The van der Waals surface area contributed by atoms with Crippen molar-refractivity contribution in [2.24, 2.45) is 0 Å². The highest BCUT2D eigenvalue weighted by atomic mass is 16.5. The zero-order chi connectivity index (χ0) is 17.9. The summed E-state index contributed by atoms with van der Waals surface area (Å²) in [7, 11) is 1.62. The third-order valence-electron chi connectivity index (χ3n) is 3.40. The molecule has 0 spiro atoms. The molecule has 0 saturated carbocycles. The molecule has 0 saturated heterocycles. The van der Waals surface area contributed by atoms with Crippen molar-refractivity contribution in [3.8, 4) is 17.2 Å². The average molecular weight is 344 g/mol. The number of urea groups is 1. The lowest BCUT2D eigenvalue weighted by molar-refractivity contribution is 0.236. The Labute approximate surface area is 148 Å². The number of hydrogen-bond acceptors (Lipinski definition) is 4. The van der Waals surface area contributed by atoms with E-state index in [9.17, 15) is 4.79 Å². The van der Waals surface area contributed by atoms with Gasteiger partial charge in [0, 0.05) is 6.54 Å². The van der Waals surface area contributed by atoms with Gasteiger partial charge in [-0.05, 0) is 48.9 Å². The number of methoxy groups -OCH3 is 1. The van der Waals surface area contributed by atoms with Gasteiger partial charge in [0.05, 0.1) is 20.3 Å². The molecule has 0 bridgehead atoms. The van der Waals surface area contributed by atoms with Crippen LogP contribution in [0.5, 0.6) is 17.2 Å². The second-order valence-corrected chi connectivity index (χ2v) is 5.21. The number of amides is 2. The topological polar surface area (TPSA) is 68.8 Å². The van der Waals surface area contributed by atoms with E-state index >= 15 is 0 Å². The summed E-state index contributed by atoms with van der Waals surface area (Å²) in [5, 5.41) is 5.55. The van der Waals surface area contributed by atoms with E-state index in [4.69, 9.17) is 14.2 Å². The predicted octanol–water partition coefficient (Wildman–Crippen LogP) is 2.97. The maximum atomic E-state index is 11.7. The fourth-order valence-corrected chi connectivity index (χ4v) is 2.12. The van der Waals surface area contributed by atoms with Gasteiger partial charge in [0.2, 0.25) is 0 Å². The van der Waals surface area contributed by atoms with Crippen LogP contribution in [0, 0.1) is 0 Å². The molecule has 2 rings (SSSR count). The van der Waals surface area contributed by atoms with E-state index in [-0.39, 0.29) is 6.03 Å². The van der Waals surface area contributed by atoms with E-state index in [1.165, 1.54) is 0 Å². The first-order valence-electron chi connectivity index (χ1n) is 8.21. The minimum absolute atomic E-state index is 0.230. The molecule has 2 aromatic rings. The van der Waals surface area contributed by atoms with Gasteiger partial charge in [-0.3, -0.25) is 0 Å². The molecule has 0 aliphatic heterocycles. The number of carbonyl (C=O) groups is 1. The molecule has 0 unspecified atom stereocenters. The molecule has 0 aromatic heterocycles. The first kappa shape index (κ1) is 18.4. The summed E-state index contributed by atoms with van der Waals surface area (Å²) in [5.41, 5.74) is 1.00. The molecule has 0 fully saturated rings. The van der Waals surface area contributed by atoms with Gasteiger partial charge in [0.25, 0.3) is 0 Å². The summed E-state index contributed by atoms with van der Waals surface area (Å²) in [6.07, 6.45) is 0. The van der Waals surface area contributed by atoms with Crippen LogP contribution in [0.1, 0.15) is 12.5 Å². The van der Waals surface area contributed by atoms with Gasteiger partial charge in [-0.25, -0.2) is 4.79 Å². The second-order valence-electron chi connectivity index (χ2n) is 5.21. The molecular formula is C19H24N2O4. The van der Waals surface area contributed by atoms with Gasteiger partial charge in [0.15, 0.2) is 0 Å². The molecule has 2 N–H and O–H groups in total. The second kappa shape index (κ2) is 10.1. The van der Waals surface area contributed by atoms with Crippen LogP contribution in [-0.2, 0) is 6.54 Å². The standard InChI is InChI=1S/C19H24N2O4/c1-3-24-17-8-10-18(11-9-17)25-13-12-20-19(22)21-14-15-4-6-16(23-2)7-5-15/h4-11H,3,12-14H2,1-2H3,(H2,20,21,22). The molecule has 0 aliphatic rings. The maximum Gasteiger partial charge on any atom is 0.315 e. The monoisotopic (exact) mass is 344 g/mol. The highest BCUT2D eigenvalue weighted by Crippen LogP contribution is 2.17. The molecule has 2 amide bonds. The zero-order valence-electron chi connectivity index (χ0n) is 14.6. The van der Waals surface area contributed by atoms with Gasteiger partial charge in [0.1, 0.15) is 23.9 Å². The molecule has 6 heteroatoms. The number of rotatable bonds is 9. The first-order chi connectivity index (χ1) is 12.2. The van der Waals surface area contributed by atoms with Crippen LogP contribution in [0.4, 0.5) is 4.79 Å².